The number of rotatable bonds is 8. The van der Waals surface area contributed by atoms with E-state index in [2.05, 4.69) is 34.2 Å². The minimum absolute atomic E-state index is 0.00131. The van der Waals surface area contributed by atoms with Crippen molar-refractivity contribution in [3.8, 4) is 11.1 Å². The van der Waals surface area contributed by atoms with Gasteiger partial charge in [0.2, 0.25) is 5.95 Å². The van der Waals surface area contributed by atoms with Crippen LogP contribution in [0.5, 0.6) is 0 Å². The van der Waals surface area contributed by atoms with Gasteiger partial charge in [-0.3, -0.25) is 5.01 Å². The summed E-state index contributed by atoms with van der Waals surface area (Å²) in [7, 11) is 0. The third-order valence-corrected chi connectivity index (χ3v) is 4.13. The van der Waals surface area contributed by atoms with Crippen molar-refractivity contribution in [2.75, 3.05) is 31.2 Å². The Hall–Kier alpha value is -2.45. The van der Waals surface area contributed by atoms with Gasteiger partial charge in [0.05, 0.1) is 23.9 Å². The Labute approximate surface area is 164 Å². The van der Waals surface area contributed by atoms with Gasteiger partial charge in [0.15, 0.2) is 0 Å². The molecule has 0 unspecified atom stereocenters. The summed E-state index contributed by atoms with van der Waals surface area (Å²) in [6.07, 6.45) is 0.657. The summed E-state index contributed by atoms with van der Waals surface area (Å²) in [6.45, 7) is 7.20. The molecule has 1 aromatic carbocycles. The predicted octanol–water partition coefficient (Wildman–Crippen LogP) is 3.47. The Morgan fingerprint density at radius 1 is 1.26 bits per heavy atom. The molecule has 0 saturated heterocycles. The van der Waals surface area contributed by atoms with E-state index in [4.69, 9.17) is 23.1 Å². The molecule has 8 nitrogen and oxygen atoms in total. The summed E-state index contributed by atoms with van der Waals surface area (Å²) in [5.41, 5.74) is 14.5. The van der Waals surface area contributed by atoms with Gasteiger partial charge in [-0.25, -0.2) is 4.98 Å². The van der Waals surface area contributed by atoms with Crippen molar-refractivity contribution in [2.24, 2.45) is 16.3 Å². The van der Waals surface area contributed by atoms with Gasteiger partial charge >= 0.3 is 0 Å². The molecule has 0 aliphatic carbocycles. The Kier molecular flexibility index (Phi) is 7.32. The Morgan fingerprint density at radius 2 is 2.00 bits per heavy atom. The van der Waals surface area contributed by atoms with Gasteiger partial charge in [-0.2, -0.15) is 4.98 Å². The summed E-state index contributed by atoms with van der Waals surface area (Å²) in [4.78, 5) is 8.34. The number of hydrogen-bond donors (Lipinski definition) is 3. The quantitative estimate of drug-likeness (QED) is 0.467. The van der Waals surface area contributed by atoms with E-state index < -0.39 is 0 Å². The number of aromatic nitrogens is 2. The molecule has 0 saturated carbocycles. The van der Waals surface area contributed by atoms with Crippen LogP contribution in [-0.4, -0.2) is 39.8 Å². The second-order valence-corrected chi connectivity index (χ2v) is 6.94. The first kappa shape index (κ1) is 20.9. The Bertz CT molecular complexity index is 811. The highest BCUT2D eigenvalue weighted by molar-refractivity contribution is 6.33. The standard InChI is InChI=1S/C18H26ClN7O/c1-4-14-16(17(20)23-18(21)22-14)12-5-6-13(19)15(9-12)24-25-26(7-8-27)10-11(2)3/h5-6,9,11,27H,4,7-8,10H2,1-3H3,(H4,20,21,22,23). The van der Waals surface area contributed by atoms with E-state index in [1.807, 2.05) is 13.0 Å². The lowest BCUT2D eigenvalue weighted by Crippen LogP contribution is -2.25. The number of nitrogen functional groups attached to an aromatic ring is 2. The van der Waals surface area contributed by atoms with Crippen molar-refractivity contribution in [1.82, 2.24) is 15.0 Å². The van der Waals surface area contributed by atoms with E-state index in [1.54, 1.807) is 17.1 Å². The minimum atomic E-state index is -0.00131. The van der Waals surface area contributed by atoms with Crippen LogP contribution in [0.4, 0.5) is 17.5 Å². The van der Waals surface area contributed by atoms with Crippen molar-refractivity contribution in [3.05, 3.63) is 28.9 Å². The van der Waals surface area contributed by atoms with Crippen LogP contribution in [0.25, 0.3) is 11.1 Å². The summed E-state index contributed by atoms with van der Waals surface area (Å²) < 4.78 is 0. The molecule has 1 aromatic heterocycles. The first-order valence-corrected chi connectivity index (χ1v) is 9.22. The fourth-order valence-electron chi connectivity index (χ4n) is 2.68. The summed E-state index contributed by atoms with van der Waals surface area (Å²) >= 11 is 6.28. The van der Waals surface area contributed by atoms with Gasteiger partial charge < -0.3 is 16.6 Å². The van der Waals surface area contributed by atoms with Gasteiger partial charge in [-0.15, -0.1) is 5.11 Å². The van der Waals surface area contributed by atoms with Gasteiger partial charge in [-0.1, -0.05) is 43.7 Å². The van der Waals surface area contributed by atoms with Crippen LogP contribution in [0.1, 0.15) is 26.5 Å². The minimum Gasteiger partial charge on any atom is -0.394 e. The Balaban J connectivity index is 2.41. The smallest absolute Gasteiger partial charge is 0.222 e. The van der Waals surface area contributed by atoms with E-state index in [0.717, 1.165) is 11.3 Å². The molecule has 2 aromatic rings. The molecule has 27 heavy (non-hydrogen) atoms. The second-order valence-electron chi connectivity index (χ2n) is 6.53. The maximum atomic E-state index is 9.20. The van der Waals surface area contributed by atoms with E-state index in [9.17, 15) is 5.11 Å². The zero-order chi connectivity index (χ0) is 20.0. The molecule has 1 heterocycles. The van der Waals surface area contributed by atoms with Crippen molar-refractivity contribution in [3.63, 3.8) is 0 Å². The molecule has 0 atom stereocenters. The molecule has 0 amide bonds. The van der Waals surface area contributed by atoms with Crippen LogP contribution in [0, 0.1) is 5.92 Å². The number of aryl methyl sites for hydroxylation is 1. The van der Waals surface area contributed by atoms with Crippen LogP contribution in [0.2, 0.25) is 5.02 Å². The summed E-state index contributed by atoms with van der Waals surface area (Å²) in [5, 5.41) is 19.9. The zero-order valence-corrected chi connectivity index (χ0v) is 16.6. The van der Waals surface area contributed by atoms with Crippen LogP contribution in [-0.2, 0) is 6.42 Å². The lowest BCUT2D eigenvalue weighted by atomic mass is 10.0. The Morgan fingerprint density at radius 3 is 2.63 bits per heavy atom. The van der Waals surface area contributed by atoms with Crippen LogP contribution in [0.15, 0.2) is 28.5 Å². The van der Waals surface area contributed by atoms with E-state index in [1.165, 1.54) is 0 Å². The third kappa shape index (κ3) is 5.51. The topological polar surface area (TPSA) is 126 Å². The lowest BCUT2D eigenvalue weighted by molar-refractivity contribution is 0.178. The molecule has 0 bridgehead atoms. The molecule has 0 aliphatic heterocycles. The lowest BCUT2D eigenvalue weighted by Gasteiger charge is -2.18. The number of nitrogens with zero attached hydrogens (tertiary/aromatic N) is 5. The number of anilines is 2. The molecule has 5 N–H and O–H groups in total. The first-order chi connectivity index (χ1) is 12.8. The SMILES string of the molecule is CCc1nc(N)nc(N)c1-c1ccc(Cl)c(N=NN(CCO)CC(C)C)c1. The fourth-order valence-corrected chi connectivity index (χ4v) is 2.84. The number of benzene rings is 1. The number of halogens is 1. The highest BCUT2D eigenvalue weighted by Gasteiger charge is 2.14. The normalized spacial score (nSPS) is 11.5. The van der Waals surface area contributed by atoms with Gasteiger partial charge in [0, 0.05) is 12.1 Å². The summed E-state index contributed by atoms with van der Waals surface area (Å²) in [5.74, 6) is 0.845. The van der Waals surface area contributed by atoms with E-state index in [0.29, 0.717) is 47.5 Å². The number of aliphatic hydroxyl groups excluding tert-OH is 1. The van der Waals surface area contributed by atoms with Gasteiger partial charge in [0.25, 0.3) is 0 Å². The van der Waals surface area contributed by atoms with Crippen LogP contribution in [0.3, 0.4) is 0 Å². The number of nitrogens with two attached hydrogens (primary N) is 2. The van der Waals surface area contributed by atoms with Crippen LogP contribution < -0.4 is 11.5 Å². The maximum Gasteiger partial charge on any atom is 0.222 e. The largest absolute Gasteiger partial charge is 0.394 e. The first-order valence-electron chi connectivity index (χ1n) is 8.84. The summed E-state index contributed by atoms with van der Waals surface area (Å²) in [6, 6.07) is 5.37. The third-order valence-electron chi connectivity index (χ3n) is 3.81. The monoisotopic (exact) mass is 391 g/mol. The van der Waals surface area contributed by atoms with Crippen molar-refractivity contribution in [1.29, 1.82) is 0 Å². The molecular formula is C18H26ClN7O. The molecule has 0 radical (unpaired) electrons. The predicted molar refractivity (Wildman–Crippen MR) is 109 cm³/mol. The fraction of sp³-hybridized carbons (Fsp3) is 0.444. The van der Waals surface area contributed by atoms with E-state index in [-0.39, 0.29) is 12.6 Å². The van der Waals surface area contributed by atoms with E-state index >= 15 is 0 Å². The maximum absolute atomic E-state index is 9.20. The molecule has 2 rings (SSSR count). The molecule has 0 spiro atoms. The average molecular weight is 392 g/mol. The highest BCUT2D eigenvalue weighted by atomic mass is 35.5. The van der Waals surface area contributed by atoms with Crippen LogP contribution >= 0.6 is 11.6 Å². The number of hydrogen-bond acceptors (Lipinski definition) is 7. The molecule has 0 aliphatic rings. The molecule has 9 heteroatoms. The van der Waals surface area contributed by atoms with Gasteiger partial charge in [0.1, 0.15) is 11.5 Å². The van der Waals surface area contributed by atoms with Crippen molar-refractivity contribution in [2.45, 2.75) is 27.2 Å². The highest BCUT2D eigenvalue weighted by Crippen LogP contribution is 2.35. The molecule has 146 valence electrons. The molecular weight excluding hydrogens is 366 g/mol. The second kappa shape index (κ2) is 9.48. The zero-order valence-electron chi connectivity index (χ0n) is 15.9. The average Bonchev–Trinajstić information content (AvgIpc) is 2.60. The van der Waals surface area contributed by atoms with Gasteiger partial charge in [-0.05, 0) is 30.0 Å². The number of aliphatic hydroxyl groups is 1. The van der Waals surface area contributed by atoms with Crippen molar-refractivity contribution < 1.29 is 5.11 Å². The van der Waals surface area contributed by atoms with Crippen molar-refractivity contribution >= 4 is 29.1 Å². The molecule has 0 fully saturated rings.